The molecule has 2 amide bonds. The summed E-state index contributed by atoms with van der Waals surface area (Å²) in [6.07, 6.45) is 4.39. The Hall–Kier alpha value is -1.30. The van der Waals surface area contributed by atoms with Crippen molar-refractivity contribution in [2.24, 2.45) is 5.92 Å². The molecule has 2 bridgehead atoms. The first-order valence-corrected chi connectivity index (χ1v) is 7.58. The minimum absolute atomic E-state index is 0.0353. The Morgan fingerprint density at radius 3 is 2.50 bits per heavy atom. The molecule has 6 heteroatoms. The first-order chi connectivity index (χ1) is 9.59. The second kappa shape index (κ2) is 5.24. The fourth-order valence-electron chi connectivity index (χ4n) is 4.08. The predicted molar refractivity (Wildman–Crippen MR) is 73.4 cm³/mol. The predicted octanol–water partition coefficient (Wildman–Crippen LogP) is 0.728. The van der Waals surface area contributed by atoms with E-state index < -0.39 is 5.97 Å². The molecule has 3 saturated heterocycles. The number of amides is 2. The number of aliphatic carboxylic acids is 1. The van der Waals surface area contributed by atoms with Gasteiger partial charge in [0.1, 0.15) is 0 Å². The van der Waals surface area contributed by atoms with E-state index >= 15 is 0 Å². The standard InChI is InChI=1S/C14H23N3O3/c1-16(9-4-6-15-7-5-9)14(20)17-10-2-3-12(17)11(8-10)13(18)19/h9-12,15H,2-8H2,1H3,(H,18,19). The van der Waals surface area contributed by atoms with Crippen LogP contribution >= 0.6 is 0 Å². The lowest BCUT2D eigenvalue weighted by Crippen LogP contribution is -2.51. The molecule has 3 heterocycles. The Balaban J connectivity index is 1.69. The minimum Gasteiger partial charge on any atom is -0.481 e. The molecule has 0 aliphatic carbocycles. The molecule has 3 rings (SSSR count). The highest BCUT2D eigenvalue weighted by atomic mass is 16.4. The average molecular weight is 281 g/mol. The Morgan fingerprint density at radius 1 is 1.20 bits per heavy atom. The summed E-state index contributed by atoms with van der Waals surface area (Å²) in [7, 11) is 1.87. The SMILES string of the molecule is CN(C(=O)N1C2CCC1C(C(=O)O)C2)C1CCNCC1. The Kier molecular flexibility index (Phi) is 3.58. The van der Waals surface area contributed by atoms with Crippen LogP contribution in [0.4, 0.5) is 4.79 Å². The van der Waals surface area contributed by atoms with Gasteiger partial charge in [0, 0.05) is 25.2 Å². The number of fused-ring (bicyclic) bond motifs is 2. The van der Waals surface area contributed by atoms with E-state index in [9.17, 15) is 14.7 Å². The molecule has 6 nitrogen and oxygen atoms in total. The fourth-order valence-corrected chi connectivity index (χ4v) is 4.08. The van der Waals surface area contributed by atoms with Crippen molar-refractivity contribution < 1.29 is 14.7 Å². The van der Waals surface area contributed by atoms with Crippen molar-refractivity contribution in [1.82, 2.24) is 15.1 Å². The second-order valence-electron chi connectivity index (χ2n) is 6.26. The van der Waals surface area contributed by atoms with E-state index in [1.54, 1.807) is 0 Å². The van der Waals surface area contributed by atoms with Gasteiger partial charge in [-0.25, -0.2) is 4.79 Å². The van der Waals surface area contributed by atoms with E-state index in [1.807, 2.05) is 16.8 Å². The van der Waals surface area contributed by atoms with E-state index in [4.69, 9.17) is 0 Å². The Bertz CT molecular complexity index is 408. The highest BCUT2D eigenvalue weighted by molar-refractivity contribution is 5.79. The molecule has 20 heavy (non-hydrogen) atoms. The lowest BCUT2D eigenvalue weighted by molar-refractivity contribution is -0.142. The van der Waals surface area contributed by atoms with E-state index in [0.29, 0.717) is 6.42 Å². The summed E-state index contributed by atoms with van der Waals surface area (Å²) in [6, 6.07) is 0.368. The van der Waals surface area contributed by atoms with Crippen LogP contribution in [0.3, 0.4) is 0 Å². The van der Waals surface area contributed by atoms with Crippen molar-refractivity contribution in [2.45, 2.75) is 50.2 Å². The second-order valence-corrected chi connectivity index (χ2v) is 6.26. The smallest absolute Gasteiger partial charge is 0.320 e. The monoisotopic (exact) mass is 281 g/mol. The van der Waals surface area contributed by atoms with Gasteiger partial charge in [0.05, 0.1) is 5.92 Å². The lowest BCUT2D eigenvalue weighted by atomic mass is 9.89. The number of hydrogen-bond donors (Lipinski definition) is 2. The number of carbonyl (C=O) groups is 2. The van der Waals surface area contributed by atoms with Gasteiger partial charge < -0.3 is 20.2 Å². The van der Waals surface area contributed by atoms with E-state index in [0.717, 1.165) is 38.8 Å². The maximum Gasteiger partial charge on any atom is 0.320 e. The number of carboxylic acids is 1. The van der Waals surface area contributed by atoms with Crippen LogP contribution < -0.4 is 5.32 Å². The molecule has 3 aliphatic rings. The van der Waals surface area contributed by atoms with Crippen LogP contribution in [0.1, 0.15) is 32.1 Å². The van der Waals surface area contributed by atoms with Crippen LogP contribution in [0.15, 0.2) is 0 Å². The van der Waals surface area contributed by atoms with Gasteiger partial charge in [-0.3, -0.25) is 4.79 Å². The van der Waals surface area contributed by atoms with Crippen molar-refractivity contribution in [1.29, 1.82) is 0 Å². The van der Waals surface area contributed by atoms with Gasteiger partial charge in [0.15, 0.2) is 0 Å². The van der Waals surface area contributed by atoms with Crippen molar-refractivity contribution in [3.63, 3.8) is 0 Å². The summed E-state index contributed by atoms with van der Waals surface area (Å²) in [4.78, 5) is 27.7. The van der Waals surface area contributed by atoms with Gasteiger partial charge in [-0.1, -0.05) is 0 Å². The summed E-state index contributed by atoms with van der Waals surface area (Å²) < 4.78 is 0. The maximum atomic E-state index is 12.7. The summed E-state index contributed by atoms with van der Waals surface area (Å²) >= 11 is 0. The highest BCUT2D eigenvalue weighted by Gasteiger charge is 2.52. The lowest BCUT2D eigenvalue weighted by Gasteiger charge is -2.36. The van der Waals surface area contributed by atoms with Gasteiger partial charge in [0.2, 0.25) is 0 Å². The van der Waals surface area contributed by atoms with Crippen molar-refractivity contribution in [3.05, 3.63) is 0 Å². The first kappa shape index (κ1) is 13.7. The third-order valence-corrected chi connectivity index (χ3v) is 5.23. The Labute approximate surface area is 119 Å². The van der Waals surface area contributed by atoms with Gasteiger partial charge in [-0.05, 0) is 45.2 Å². The average Bonchev–Trinajstić information content (AvgIpc) is 3.04. The zero-order valence-electron chi connectivity index (χ0n) is 11.9. The van der Waals surface area contributed by atoms with Crippen LogP contribution in [-0.2, 0) is 4.79 Å². The number of rotatable bonds is 2. The van der Waals surface area contributed by atoms with Crippen molar-refractivity contribution >= 4 is 12.0 Å². The van der Waals surface area contributed by atoms with Crippen LogP contribution in [0.25, 0.3) is 0 Å². The third-order valence-electron chi connectivity index (χ3n) is 5.23. The van der Waals surface area contributed by atoms with E-state index in [-0.39, 0.29) is 30.1 Å². The summed E-state index contributed by atoms with van der Waals surface area (Å²) in [6.45, 7) is 1.90. The molecule has 2 N–H and O–H groups in total. The number of nitrogens with one attached hydrogen (secondary N) is 1. The molecular formula is C14H23N3O3. The number of piperidine rings is 1. The van der Waals surface area contributed by atoms with Crippen molar-refractivity contribution in [2.75, 3.05) is 20.1 Å². The van der Waals surface area contributed by atoms with Gasteiger partial charge in [-0.2, -0.15) is 0 Å². The topological polar surface area (TPSA) is 72.9 Å². The number of carboxylic acid groups (broad SMARTS) is 1. The largest absolute Gasteiger partial charge is 0.481 e. The third kappa shape index (κ3) is 2.16. The highest BCUT2D eigenvalue weighted by Crippen LogP contribution is 2.42. The molecule has 3 unspecified atom stereocenters. The molecule has 0 radical (unpaired) electrons. The molecule has 0 saturated carbocycles. The van der Waals surface area contributed by atoms with Gasteiger partial charge >= 0.3 is 12.0 Å². The van der Waals surface area contributed by atoms with Crippen LogP contribution in [-0.4, -0.2) is 65.2 Å². The molecule has 3 atom stereocenters. The normalized spacial score (nSPS) is 33.5. The summed E-state index contributed by atoms with van der Waals surface area (Å²) in [5.74, 6) is -1.11. The number of carbonyl (C=O) groups excluding carboxylic acids is 1. The van der Waals surface area contributed by atoms with Gasteiger partial charge in [-0.15, -0.1) is 0 Å². The molecular weight excluding hydrogens is 258 g/mol. The van der Waals surface area contributed by atoms with Crippen LogP contribution in [0.5, 0.6) is 0 Å². The number of urea groups is 1. The van der Waals surface area contributed by atoms with Crippen LogP contribution in [0, 0.1) is 5.92 Å². The summed E-state index contributed by atoms with van der Waals surface area (Å²) in [5.41, 5.74) is 0. The molecule has 0 aromatic carbocycles. The number of nitrogens with zero attached hydrogens (tertiary/aromatic N) is 2. The fraction of sp³-hybridized carbons (Fsp3) is 0.857. The quantitative estimate of drug-likeness (QED) is 0.782. The molecule has 0 aromatic rings. The number of hydrogen-bond acceptors (Lipinski definition) is 3. The van der Waals surface area contributed by atoms with Gasteiger partial charge in [0.25, 0.3) is 0 Å². The molecule has 3 fully saturated rings. The molecule has 0 spiro atoms. The van der Waals surface area contributed by atoms with E-state index in [2.05, 4.69) is 5.32 Å². The molecule has 0 aromatic heterocycles. The molecule has 3 aliphatic heterocycles. The summed E-state index contributed by atoms with van der Waals surface area (Å²) in [5, 5.41) is 12.6. The minimum atomic E-state index is -0.750. The van der Waals surface area contributed by atoms with E-state index in [1.165, 1.54) is 0 Å². The van der Waals surface area contributed by atoms with Crippen LogP contribution in [0.2, 0.25) is 0 Å². The first-order valence-electron chi connectivity index (χ1n) is 7.58. The van der Waals surface area contributed by atoms with Crippen molar-refractivity contribution in [3.8, 4) is 0 Å². The Morgan fingerprint density at radius 2 is 1.90 bits per heavy atom. The zero-order valence-corrected chi connectivity index (χ0v) is 11.9. The molecule has 112 valence electrons. The maximum absolute atomic E-state index is 12.7. The zero-order chi connectivity index (χ0) is 14.3.